The molecule has 3 rings (SSSR count). The number of allylic oxidation sites excluding steroid dienone is 5. The van der Waals surface area contributed by atoms with Gasteiger partial charge in [0, 0.05) is 0 Å². The van der Waals surface area contributed by atoms with Crippen molar-refractivity contribution >= 4 is 5.57 Å². The fourth-order valence-electron chi connectivity index (χ4n) is 3.78. The minimum absolute atomic E-state index is 0.474. The van der Waals surface area contributed by atoms with Crippen LogP contribution in [0.25, 0.3) is 5.57 Å². The van der Waals surface area contributed by atoms with E-state index in [-0.39, 0.29) is 0 Å². The van der Waals surface area contributed by atoms with Crippen molar-refractivity contribution in [3.8, 4) is 5.75 Å². The van der Waals surface area contributed by atoms with Gasteiger partial charge in [-0.2, -0.15) is 0 Å². The first-order chi connectivity index (χ1) is 13.0. The highest BCUT2D eigenvalue weighted by atomic mass is 16.5. The summed E-state index contributed by atoms with van der Waals surface area (Å²) >= 11 is 0. The van der Waals surface area contributed by atoms with Gasteiger partial charge < -0.3 is 4.74 Å². The van der Waals surface area contributed by atoms with Gasteiger partial charge in [0.25, 0.3) is 0 Å². The summed E-state index contributed by atoms with van der Waals surface area (Å²) in [5, 5.41) is 0. The Morgan fingerprint density at radius 3 is 2.52 bits per heavy atom. The topological polar surface area (TPSA) is 9.23 Å². The Balaban J connectivity index is 1.88. The van der Waals surface area contributed by atoms with Crippen LogP contribution in [-0.4, -0.2) is 0 Å². The zero-order valence-electron chi connectivity index (χ0n) is 17.0. The van der Waals surface area contributed by atoms with E-state index in [1.165, 1.54) is 39.0 Å². The second kappa shape index (κ2) is 8.43. The lowest BCUT2D eigenvalue weighted by molar-refractivity contribution is 0.304. The second-order valence-corrected chi connectivity index (χ2v) is 7.72. The van der Waals surface area contributed by atoms with Gasteiger partial charge in [0.2, 0.25) is 0 Å². The summed E-state index contributed by atoms with van der Waals surface area (Å²) < 4.78 is 6.12. The molecular formula is C26H30O. The first kappa shape index (κ1) is 19.2. The highest BCUT2D eigenvalue weighted by Crippen LogP contribution is 2.35. The Morgan fingerprint density at radius 2 is 1.74 bits per heavy atom. The quantitative estimate of drug-likeness (QED) is 0.514. The third-order valence-electron chi connectivity index (χ3n) is 5.36. The summed E-state index contributed by atoms with van der Waals surface area (Å²) in [6.07, 6.45) is 6.43. The Morgan fingerprint density at radius 1 is 1.00 bits per heavy atom. The summed E-state index contributed by atoms with van der Waals surface area (Å²) in [6.45, 7) is 13.7. The van der Waals surface area contributed by atoms with Crippen molar-refractivity contribution in [3.63, 3.8) is 0 Å². The third kappa shape index (κ3) is 4.42. The van der Waals surface area contributed by atoms with Crippen molar-refractivity contribution in [2.75, 3.05) is 0 Å². The Kier molecular flexibility index (Phi) is 6.01. The van der Waals surface area contributed by atoms with Gasteiger partial charge in [0.1, 0.15) is 12.4 Å². The maximum Gasteiger partial charge on any atom is 0.122 e. The summed E-state index contributed by atoms with van der Waals surface area (Å²) in [7, 11) is 0. The standard InChI is InChI=1S/C26H30O/c1-18(2)26-20(4)10-6-7-14-24(26)23-13-9-12-22(16-23)17-27-25-15-8-11-19(3)21(25)5/h6-9,11-13,15-16,18H,4,10,14,17H2,1-3,5H3. The SMILES string of the molecule is C=C1CC=CCC(c2cccc(COc3cccc(C)c3C)c2)=C1C(C)C. The van der Waals surface area contributed by atoms with E-state index in [1.54, 1.807) is 0 Å². The molecule has 1 aliphatic rings. The molecule has 0 aliphatic heterocycles. The van der Waals surface area contributed by atoms with E-state index in [0.29, 0.717) is 12.5 Å². The number of aryl methyl sites for hydroxylation is 1. The highest BCUT2D eigenvalue weighted by Gasteiger charge is 2.16. The van der Waals surface area contributed by atoms with Crippen molar-refractivity contribution in [1.82, 2.24) is 0 Å². The van der Waals surface area contributed by atoms with Gasteiger partial charge in [-0.3, -0.25) is 0 Å². The van der Waals surface area contributed by atoms with Crippen molar-refractivity contribution in [1.29, 1.82) is 0 Å². The van der Waals surface area contributed by atoms with Crippen LogP contribution in [0.4, 0.5) is 0 Å². The van der Waals surface area contributed by atoms with Crippen molar-refractivity contribution in [2.45, 2.75) is 47.1 Å². The van der Waals surface area contributed by atoms with E-state index < -0.39 is 0 Å². The molecule has 0 heterocycles. The molecule has 0 unspecified atom stereocenters. The summed E-state index contributed by atoms with van der Waals surface area (Å²) in [4.78, 5) is 0. The molecule has 0 amide bonds. The first-order valence-electron chi connectivity index (χ1n) is 9.82. The second-order valence-electron chi connectivity index (χ2n) is 7.72. The smallest absolute Gasteiger partial charge is 0.122 e. The average molecular weight is 359 g/mol. The van der Waals surface area contributed by atoms with E-state index in [0.717, 1.165) is 18.6 Å². The van der Waals surface area contributed by atoms with Crippen LogP contribution in [0.15, 0.2) is 72.3 Å². The van der Waals surface area contributed by atoms with E-state index in [9.17, 15) is 0 Å². The molecule has 140 valence electrons. The molecule has 0 bridgehead atoms. The highest BCUT2D eigenvalue weighted by molar-refractivity contribution is 5.74. The average Bonchev–Trinajstić information content (AvgIpc) is 2.85. The molecule has 1 nitrogen and oxygen atoms in total. The molecular weight excluding hydrogens is 328 g/mol. The van der Waals surface area contributed by atoms with Crippen molar-refractivity contribution in [3.05, 3.63) is 94.6 Å². The van der Waals surface area contributed by atoms with E-state index in [4.69, 9.17) is 4.74 Å². The molecule has 0 spiro atoms. The molecule has 0 saturated heterocycles. The third-order valence-corrected chi connectivity index (χ3v) is 5.36. The van der Waals surface area contributed by atoms with Crippen LogP contribution in [0.2, 0.25) is 0 Å². The van der Waals surface area contributed by atoms with Gasteiger partial charge in [-0.15, -0.1) is 0 Å². The molecule has 0 radical (unpaired) electrons. The lowest BCUT2D eigenvalue weighted by Crippen LogP contribution is -2.02. The number of hydrogen-bond acceptors (Lipinski definition) is 1. The summed E-state index contributed by atoms with van der Waals surface area (Å²) in [5.41, 5.74) is 9.01. The predicted molar refractivity (Wildman–Crippen MR) is 116 cm³/mol. The molecule has 0 fully saturated rings. The van der Waals surface area contributed by atoms with Crippen molar-refractivity contribution < 1.29 is 4.74 Å². The van der Waals surface area contributed by atoms with E-state index in [2.05, 4.69) is 82.8 Å². The monoisotopic (exact) mass is 358 g/mol. The van der Waals surface area contributed by atoms with Crippen molar-refractivity contribution in [2.24, 2.45) is 5.92 Å². The normalized spacial score (nSPS) is 14.6. The molecule has 2 aromatic rings. The predicted octanol–water partition coefficient (Wildman–Crippen LogP) is 7.20. The van der Waals surface area contributed by atoms with Gasteiger partial charge in [-0.1, -0.05) is 62.9 Å². The Labute approximate surface area is 164 Å². The van der Waals surface area contributed by atoms with Crippen LogP contribution in [0.5, 0.6) is 5.75 Å². The molecule has 0 N–H and O–H groups in total. The maximum absolute atomic E-state index is 6.12. The molecule has 0 atom stereocenters. The largest absolute Gasteiger partial charge is 0.489 e. The fraction of sp³-hybridized carbons (Fsp3) is 0.308. The van der Waals surface area contributed by atoms with Gasteiger partial charge in [0.05, 0.1) is 0 Å². The lowest BCUT2D eigenvalue weighted by atomic mass is 9.86. The minimum atomic E-state index is 0.474. The van der Waals surface area contributed by atoms with Gasteiger partial charge in [-0.05, 0) is 83.7 Å². The van der Waals surface area contributed by atoms with Crippen LogP contribution >= 0.6 is 0 Å². The van der Waals surface area contributed by atoms with Crippen LogP contribution in [0, 0.1) is 19.8 Å². The van der Waals surface area contributed by atoms with E-state index >= 15 is 0 Å². The lowest BCUT2D eigenvalue weighted by Gasteiger charge is -2.19. The van der Waals surface area contributed by atoms with E-state index in [1.807, 2.05) is 6.07 Å². The first-order valence-corrected chi connectivity index (χ1v) is 9.82. The number of rotatable bonds is 5. The Bertz CT molecular complexity index is 896. The van der Waals surface area contributed by atoms with Gasteiger partial charge >= 0.3 is 0 Å². The molecule has 1 aliphatic carbocycles. The number of ether oxygens (including phenoxy) is 1. The van der Waals surface area contributed by atoms with Gasteiger partial charge in [-0.25, -0.2) is 0 Å². The summed E-state index contributed by atoms with van der Waals surface area (Å²) in [6, 6.07) is 15.0. The fourth-order valence-corrected chi connectivity index (χ4v) is 3.78. The molecule has 0 aromatic heterocycles. The number of hydrogen-bond donors (Lipinski definition) is 0. The van der Waals surface area contributed by atoms with Crippen LogP contribution in [0.1, 0.15) is 48.9 Å². The number of benzene rings is 2. The molecule has 0 saturated carbocycles. The van der Waals surface area contributed by atoms with Gasteiger partial charge in [0.15, 0.2) is 0 Å². The molecule has 27 heavy (non-hydrogen) atoms. The zero-order valence-corrected chi connectivity index (χ0v) is 17.0. The molecule has 1 heteroatoms. The Hall–Kier alpha value is -2.54. The minimum Gasteiger partial charge on any atom is -0.489 e. The maximum atomic E-state index is 6.12. The zero-order chi connectivity index (χ0) is 19.4. The van der Waals surface area contributed by atoms with Crippen LogP contribution < -0.4 is 4.74 Å². The summed E-state index contributed by atoms with van der Waals surface area (Å²) in [5.74, 6) is 1.44. The van der Waals surface area contributed by atoms with Crippen LogP contribution in [-0.2, 0) is 6.61 Å². The van der Waals surface area contributed by atoms with Crippen LogP contribution in [0.3, 0.4) is 0 Å². The molecule has 2 aromatic carbocycles.